The summed E-state index contributed by atoms with van der Waals surface area (Å²) < 4.78 is 0. The van der Waals surface area contributed by atoms with Crippen molar-refractivity contribution in [2.24, 2.45) is 0 Å². The van der Waals surface area contributed by atoms with E-state index in [0.717, 1.165) is 5.56 Å². The molecule has 0 aliphatic carbocycles. The first-order valence-electron chi connectivity index (χ1n) is 5.61. The van der Waals surface area contributed by atoms with Crippen LogP contribution in [0.25, 0.3) is 11.2 Å². The molecule has 0 aliphatic rings. The number of aromatic hydroxyl groups is 1. The predicted octanol–water partition coefficient (Wildman–Crippen LogP) is 2.32. The molecule has 0 bridgehead atoms. The van der Waals surface area contributed by atoms with Crippen molar-refractivity contribution in [2.45, 2.75) is 6.54 Å². The molecule has 7 heteroatoms. The van der Waals surface area contributed by atoms with E-state index in [0.29, 0.717) is 23.5 Å². The molecule has 0 spiro atoms. The lowest BCUT2D eigenvalue weighted by atomic mass is 10.2. The van der Waals surface area contributed by atoms with Crippen molar-refractivity contribution >= 4 is 28.6 Å². The van der Waals surface area contributed by atoms with Crippen LogP contribution in [0, 0.1) is 0 Å². The van der Waals surface area contributed by atoms with Gasteiger partial charge in [-0.1, -0.05) is 18.2 Å². The summed E-state index contributed by atoms with van der Waals surface area (Å²) in [5.41, 5.74) is 1.95. The SMILES string of the molecule is Oc1ccccc1CNc1nc(Cl)nc2nc[nH]c12. The highest BCUT2D eigenvalue weighted by molar-refractivity contribution is 6.28. The van der Waals surface area contributed by atoms with Crippen LogP contribution in [0.4, 0.5) is 5.82 Å². The lowest BCUT2D eigenvalue weighted by Crippen LogP contribution is -2.03. The Balaban J connectivity index is 1.90. The monoisotopic (exact) mass is 275 g/mol. The molecule has 0 saturated heterocycles. The van der Waals surface area contributed by atoms with Crippen molar-refractivity contribution in [3.05, 3.63) is 41.4 Å². The van der Waals surface area contributed by atoms with Gasteiger partial charge in [-0.25, -0.2) is 4.98 Å². The first-order valence-corrected chi connectivity index (χ1v) is 5.99. The first kappa shape index (κ1) is 11.7. The molecule has 0 aliphatic heterocycles. The molecule has 0 fully saturated rings. The Morgan fingerprint density at radius 3 is 2.95 bits per heavy atom. The van der Waals surface area contributed by atoms with Gasteiger partial charge in [-0.3, -0.25) is 0 Å². The van der Waals surface area contributed by atoms with E-state index in [4.69, 9.17) is 11.6 Å². The van der Waals surface area contributed by atoms with Crippen molar-refractivity contribution in [1.29, 1.82) is 0 Å². The standard InChI is InChI=1S/C12H10ClN5O/c13-12-17-10(9-11(18-12)16-6-15-9)14-5-7-3-1-2-4-8(7)19/h1-4,6,19H,5H2,(H2,14,15,16,17,18). The Morgan fingerprint density at radius 1 is 1.26 bits per heavy atom. The van der Waals surface area contributed by atoms with Crippen molar-refractivity contribution < 1.29 is 5.11 Å². The normalized spacial score (nSPS) is 10.8. The molecule has 0 atom stereocenters. The maximum absolute atomic E-state index is 9.70. The topological polar surface area (TPSA) is 86.7 Å². The number of para-hydroxylation sites is 1. The van der Waals surface area contributed by atoms with Crippen LogP contribution >= 0.6 is 11.6 Å². The van der Waals surface area contributed by atoms with Crippen molar-refractivity contribution in [2.75, 3.05) is 5.32 Å². The molecule has 6 nitrogen and oxygen atoms in total. The number of nitrogens with one attached hydrogen (secondary N) is 2. The van der Waals surface area contributed by atoms with Gasteiger partial charge in [-0.2, -0.15) is 9.97 Å². The van der Waals surface area contributed by atoms with Gasteiger partial charge in [0.25, 0.3) is 0 Å². The molecule has 96 valence electrons. The molecule has 2 aromatic heterocycles. The molecular weight excluding hydrogens is 266 g/mol. The zero-order valence-corrected chi connectivity index (χ0v) is 10.5. The fourth-order valence-corrected chi connectivity index (χ4v) is 1.94. The highest BCUT2D eigenvalue weighted by Gasteiger charge is 2.09. The summed E-state index contributed by atoms with van der Waals surface area (Å²) in [4.78, 5) is 15.1. The number of phenols is 1. The largest absolute Gasteiger partial charge is 0.508 e. The van der Waals surface area contributed by atoms with Crippen molar-refractivity contribution in [3.8, 4) is 5.75 Å². The van der Waals surface area contributed by atoms with Gasteiger partial charge in [0.05, 0.1) is 6.33 Å². The molecule has 0 unspecified atom stereocenters. The highest BCUT2D eigenvalue weighted by Crippen LogP contribution is 2.21. The van der Waals surface area contributed by atoms with E-state index in [2.05, 4.69) is 25.3 Å². The molecule has 2 heterocycles. The molecule has 3 N–H and O–H groups in total. The van der Waals surface area contributed by atoms with Gasteiger partial charge in [0, 0.05) is 12.1 Å². The van der Waals surface area contributed by atoms with Gasteiger partial charge in [0.2, 0.25) is 5.28 Å². The summed E-state index contributed by atoms with van der Waals surface area (Å²) in [5, 5.41) is 12.9. The number of hydrogen-bond acceptors (Lipinski definition) is 5. The number of aromatic nitrogens is 4. The minimum atomic E-state index is 0.124. The Hall–Kier alpha value is -2.34. The smallest absolute Gasteiger partial charge is 0.226 e. The number of hydrogen-bond donors (Lipinski definition) is 3. The van der Waals surface area contributed by atoms with Gasteiger partial charge in [-0.05, 0) is 17.7 Å². The summed E-state index contributed by atoms with van der Waals surface area (Å²) >= 11 is 5.83. The molecular formula is C12H10ClN5O. The molecule has 0 amide bonds. The molecule has 3 aromatic rings. The predicted molar refractivity (Wildman–Crippen MR) is 72.1 cm³/mol. The number of halogens is 1. The number of anilines is 1. The lowest BCUT2D eigenvalue weighted by molar-refractivity contribution is 0.469. The van der Waals surface area contributed by atoms with Crippen LogP contribution in [0.2, 0.25) is 5.28 Å². The maximum atomic E-state index is 9.70. The number of aromatic amines is 1. The number of phenolic OH excluding ortho intramolecular Hbond substituents is 1. The molecule has 0 saturated carbocycles. The summed E-state index contributed by atoms with van der Waals surface area (Å²) in [7, 11) is 0. The van der Waals surface area contributed by atoms with E-state index in [-0.39, 0.29) is 11.0 Å². The van der Waals surface area contributed by atoms with Crippen LogP contribution in [0.15, 0.2) is 30.6 Å². The lowest BCUT2D eigenvalue weighted by Gasteiger charge is -2.08. The van der Waals surface area contributed by atoms with Gasteiger partial charge in [0.1, 0.15) is 11.3 Å². The molecule has 0 radical (unpaired) electrons. The third kappa shape index (κ3) is 2.30. The van der Waals surface area contributed by atoms with E-state index >= 15 is 0 Å². The summed E-state index contributed by atoms with van der Waals surface area (Å²) in [6, 6.07) is 7.09. The number of imidazole rings is 1. The fraction of sp³-hybridized carbons (Fsp3) is 0.0833. The third-order valence-corrected chi connectivity index (χ3v) is 2.87. The fourth-order valence-electron chi connectivity index (χ4n) is 1.77. The Bertz CT molecular complexity index is 727. The summed E-state index contributed by atoms with van der Waals surface area (Å²) in [6.07, 6.45) is 1.53. The number of H-pyrrole nitrogens is 1. The first-order chi connectivity index (χ1) is 9.24. The zero-order valence-electron chi connectivity index (χ0n) is 9.76. The van der Waals surface area contributed by atoms with Crippen LogP contribution < -0.4 is 5.32 Å². The minimum Gasteiger partial charge on any atom is -0.508 e. The van der Waals surface area contributed by atoms with Gasteiger partial charge < -0.3 is 15.4 Å². The quantitative estimate of drug-likeness (QED) is 0.639. The zero-order chi connectivity index (χ0) is 13.2. The Morgan fingerprint density at radius 2 is 2.11 bits per heavy atom. The van der Waals surface area contributed by atoms with Crippen molar-refractivity contribution in [3.63, 3.8) is 0 Å². The second-order valence-corrected chi connectivity index (χ2v) is 4.26. The van der Waals surface area contributed by atoms with Crippen LogP contribution in [0.5, 0.6) is 5.75 Å². The van der Waals surface area contributed by atoms with E-state index in [9.17, 15) is 5.11 Å². The van der Waals surface area contributed by atoms with Crippen LogP contribution in [-0.2, 0) is 6.54 Å². The number of fused-ring (bicyclic) bond motifs is 1. The van der Waals surface area contributed by atoms with Crippen LogP contribution in [0.3, 0.4) is 0 Å². The highest BCUT2D eigenvalue weighted by atomic mass is 35.5. The second kappa shape index (κ2) is 4.74. The third-order valence-electron chi connectivity index (χ3n) is 2.70. The van der Waals surface area contributed by atoms with E-state index in [1.807, 2.05) is 12.1 Å². The number of nitrogens with zero attached hydrogens (tertiary/aromatic N) is 3. The van der Waals surface area contributed by atoms with Gasteiger partial charge >= 0.3 is 0 Å². The summed E-state index contributed by atoms with van der Waals surface area (Å²) in [5.74, 6) is 0.784. The maximum Gasteiger partial charge on any atom is 0.226 e. The van der Waals surface area contributed by atoms with E-state index in [1.54, 1.807) is 12.1 Å². The average Bonchev–Trinajstić information content (AvgIpc) is 2.85. The molecule has 1 aromatic carbocycles. The number of benzene rings is 1. The average molecular weight is 276 g/mol. The van der Waals surface area contributed by atoms with Crippen LogP contribution in [-0.4, -0.2) is 25.0 Å². The Kier molecular flexibility index (Phi) is 2.92. The molecule has 3 rings (SSSR count). The van der Waals surface area contributed by atoms with E-state index in [1.165, 1.54) is 6.33 Å². The van der Waals surface area contributed by atoms with Crippen molar-refractivity contribution in [1.82, 2.24) is 19.9 Å². The van der Waals surface area contributed by atoms with E-state index < -0.39 is 0 Å². The second-order valence-electron chi connectivity index (χ2n) is 3.92. The van der Waals surface area contributed by atoms with Gasteiger partial charge in [-0.15, -0.1) is 0 Å². The number of rotatable bonds is 3. The van der Waals surface area contributed by atoms with Crippen LogP contribution in [0.1, 0.15) is 5.56 Å². The summed E-state index contributed by atoms with van der Waals surface area (Å²) in [6.45, 7) is 0.425. The van der Waals surface area contributed by atoms with Gasteiger partial charge in [0.15, 0.2) is 11.5 Å². The molecule has 19 heavy (non-hydrogen) atoms. The minimum absolute atomic E-state index is 0.124. The Labute approximate surface area is 113 Å².